The average Bonchev–Trinajstić information content (AvgIpc) is 2.21. The molecule has 13 heavy (non-hydrogen) atoms. The smallest absolute Gasteiger partial charge is 0.255 e. The summed E-state index contributed by atoms with van der Waals surface area (Å²) in [6, 6.07) is 11.6. The first-order valence-electron chi connectivity index (χ1n) is 3.79. The van der Waals surface area contributed by atoms with Gasteiger partial charge >= 0.3 is 16.8 Å². The number of hydrogen-bond donors (Lipinski definition) is 0. The van der Waals surface area contributed by atoms with Crippen LogP contribution in [0.2, 0.25) is 0 Å². The van der Waals surface area contributed by atoms with E-state index in [1.807, 2.05) is 36.4 Å². The Bertz CT molecular complexity index is 310. The van der Waals surface area contributed by atoms with E-state index in [-0.39, 0.29) is 16.8 Å². The summed E-state index contributed by atoms with van der Waals surface area (Å²) < 4.78 is 0. The average molecular weight is 215 g/mol. The van der Waals surface area contributed by atoms with Crippen molar-refractivity contribution < 1.29 is 16.8 Å². The predicted molar refractivity (Wildman–Crippen MR) is 47.5 cm³/mol. The number of nitrogens with zero attached hydrogens (tertiary/aromatic N) is 2. The molecule has 0 saturated carbocycles. The summed E-state index contributed by atoms with van der Waals surface area (Å²) >= 11 is 0. The maximum atomic E-state index is 4.19. The van der Waals surface area contributed by atoms with Crippen LogP contribution in [0.4, 0.5) is 0 Å². The van der Waals surface area contributed by atoms with Gasteiger partial charge in [-0.05, 0) is 24.3 Å². The maximum absolute atomic E-state index is 4.19. The van der Waals surface area contributed by atoms with Crippen LogP contribution in [0.25, 0.3) is 11.4 Å². The van der Waals surface area contributed by atoms with Gasteiger partial charge < -0.3 is 0 Å². The van der Waals surface area contributed by atoms with Gasteiger partial charge in [0.05, 0.1) is 11.4 Å². The normalized spacial score (nSPS) is 8.92. The molecule has 0 amide bonds. The summed E-state index contributed by atoms with van der Waals surface area (Å²) in [6.07, 6.45) is 3.54. The molecule has 0 aromatic carbocycles. The van der Waals surface area contributed by atoms with Gasteiger partial charge in [-0.15, -0.1) is 0 Å². The molecule has 0 spiro atoms. The van der Waals surface area contributed by atoms with E-state index in [1.54, 1.807) is 12.4 Å². The summed E-state index contributed by atoms with van der Waals surface area (Å²) in [4.78, 5) is 8.37. The van der Waals surface area contributed by atoms with Crippen molar-refractivity contribution in [2.24, 2.45) is 0 Å². The third-order valence-electron chi connectivity index (χ3n) is 1.59. The fourth-order valence-electron chi connectivity index (χ4n) is 1.03. The predicted octanol–water partition coefficient (Wildman–Crippen LogP) is 2.14. The number of rotatable bonds is 1. The maximum Gasteiger partial charge on any atom is 2.00 e. The van der Waals surface area contributed by atoms with Gasteiger partial charge in [0.2, 0.25) is 0 Å². The van der Waals surface area contributed by atoms with Gasteiger partial charge in [0.15, 0.2) is 0 Å². The Morgan fingerprint density at radius 2 is 1.15 bits per heavy atom. The first-order chi connectivity index (χ1) is 5.97. The summed E-state index contributed by atoms with van der Waals surface area (Å²) in [5.41, 5.74) is 1.83. The molecule has 0 aliphatic carbocycles. The summed E-state index contributed by atoms with van der Waals surface area (Å²) in [5, 5.41) is 0. The minimum Gasteiger partial charge on any atom is -0.255 e. The standard InChI is InChI=1S/C10H8N2.Co/c1-3-7-11-9(5-1)10-6-2-4-8-12-10;/h1-8H;/q;+2. The molecule has 1 radical (unpaired) electrons. The van der Waals surface area contributed by atoms with Crippen LogP contribution in [-0.4, -0.2) is 9.97 Å². The van der Waals surface area contributed by atoms with Gasteiger partial charge in [-0.2, -0.15) is 0 Å². The second-order valence-corrected chi connectivity index (χ2v) is 2.43. The molecule has 0 aliphatic rings. The Morgan fingerprint density at radius 3 is 1.46 bits per heavy atom. The molecule has 0 fully saturated rings. The van der Waals surface area contributed by atoms with E-state index < -0.39 is 0 Å². The fraction of sp³-hybridized carbons (Fsp3) is 0. The number of hydrogen-bond acceptors (Lipinski definition) is 2. The van der Waals surface area contributed by atoms with Gasteiger partial charge in [0.1, 0.15) is 0 Å². The van der Waals surface area contributed by atoms with Crippen LogP contribution in [0.1, 0.15) is 0 Å². The minimum absolute atomic E-state index is 0. The third kappa shape index (κ3) is 2.37. The topological polar surface area (TPSA) is 25.8 Å². The van der Waals surface area contributed by atoms with E-state index in [0.29, 0.717) is 0 Å². The van der Waals surface area contributed by atoms with Crippen LogP contribution in [0.15, 0.2) is 48.8 Å². The number of aromatic nitrogens is 2. The molecule has 0 saturated heterocycles. The Hall–Kier alpha value is -1.19. The van der Waals surface area contributed by atoms with Crippen molar-refractivity contribution in [3.05, 3.63) is 48.8 Å². The van der Waals surface area contributed by atoms with Gasteiger partial charge in [-0.25, -0.2) is 0 Å². The van der Waals surface area contributed by atoms with Crippen LogP contribution >= 0.6 is 0 Å². The van der Waals surface area contributed by atoms with Crippen LogP contribution < -0.4 is 0 Å². The molecule has 2 rings (SSSR count). The van der Waals surface area contributed by atoms with Crippen molar-refractivity contribution in [3.8, 4) is 11.4 Å². The van der Waals surface area contributed by atoms with Crippen molar-refractivity contribution in [1.29, 1.82) is 0 Å². The van der Waals surface area contributed by atoms with Crippen molar-refractivity contribution in [3.63, 3.8) is 0 Å². The zero-order chi connectivity index (χ0) is 8.23. The SMILES string of the molecule is [Co+2].c1ccc(-c2ccccn2)nc1. The van der Waals surface area contributed by atoms with Gasteiger partial charge in [0, 0.05) is 12.4 Å². The Morgan fingerprint density at radius 1 is 0.692 bits per heavy atom. The molecule has 2 aromatic rings. The molecular weight excluding hydrogens is 207 g/mol. The molecule has 0 bridgehead atoms. The molecule has 65 valence electrons. The van der Waals surface area contributed by atoms with Crippen LogP contribution in [0.5, 0.6) is 0 Å². The number of pyridine rings is 2. The minimum atomic E-state index is 0. The molecule has 0 unspecified atom stereocenters. The molecule has 2 nitrogen and oxygen atoms in total. The van der Waals surface area contributed by atoms with Crippen LogP contribution in [0, 0.1) is 0 Å². The van der Waals surface area contributed by atoms with E-state index in [4.69, 9.17) is 0 Å². The zero-order valence-corrected chi connectivity index (χ0v) is 7.89. The monoisotopic (exact) mass is 215 g/mol. The molecule has 2 heterocycles. The Balaban J connectivity index is 0.000000845. The van der Waals surface area contributed by atoms with Crippen LogP contribution in [0.3, 0.4) is 0 Å². The third-order valence-corrected chi connectivity index (χ3v) is 1.59. The molecule has 0 atom stereocenters. The van der Waals surface area contributed by atoms with Crippen LogP contribution in [-0.2, 0) is 16.8 Å². The summed E-state index contributed by atoms with van der Waals surface area (Å²) in [6.45, 7) is 0. The van der Waals surface area contributed by atoms with E-state index in [9.17, 15) is 0 Å². The summed E-state index contributed by atoms with van der Waals surface area (Å²) in [7, 11) is 0. The first-order valence-corrected chi connectivity index (χ1v) is 3.79. The van der Waals surface area contributed by atoms with E-state index >= 15 is 0 Å². The first kappa shape index (κ1) is 9.89. The molecular formula is C10H8CoN2+2. The molecule has 0 N–H and O–H groups in total. The van der Waals surface area contributed by atoms with E-state index in [1.165, 1.54) is 0 Å². The molecule has 2 aromatic heterocycles. The quantitative estimate of drug-likeness (QED) is 0.728. The Kier molecular flexibility index (Phi) is 3.61. The second kappa shape index (κ2) is 4.74. The molecule has 3 heteroatoms. The van der Waals surface area contributed by atoms with E-state index in [2.05, 4.69) is 9.97 Å². The van der Waals surface area contributed by atoms with E-state index in [0.717, 1.165) is 11.4 Å². The van der Waals surface area contributed by atoms with Crippen molar-refractivity contribution >= 4 is 0 Å². The Labute approximate surface area is 87.2 Å². The summed E-state index contributed by atoms with van der Waals surface area (Å²) in [5.74, 6) is 0. The van der Waals surface area contributed by atoms with Gasteiger partial charge in [-0.3, -0.25) is 9.97 Å². The second-order valence-electron chi connectivity index (χ2n) is 2.43. The van der Waals surface area contributed by atoms with Crippen molar-refractivity contribution in [2.45, 2.75) is 0 Å². The molecule has 0 aliphatic heterocycles. The van der Waals surface area contributed by atoms with Gasteiger partial charge in [-0.1, -0.05) is 12.1 Å². The largest absolute Gasteiger partial charge is 2.00 e. The van der Waals surface area contributed by atoms with Gasteiger partial charge in [0.25, 0.3) is 0 Å². The zero-order valence-electron chi connectivity index (χ0n) is 6.85. The van der Waals surface area contributed by atoms with Crippen molar-refractivity contribution in [2.75, 3.05) is 0 Å². The van der Waals surface area contributed by atoms with Crippen molar-refractivity contribution in [1.82, 2.24) is 9.97 Å². The fourth-order valence-corrected chi connectivity index (χ4v) is 1.03.